The first-order valence-electron chi connectivity index (χ1n) is 3.61. The number of hydrogen-bond acceptors (Lipinski definition) is 2. The van der Waals surface area contributed by atoms with Crippen LogP contribution < -0.4 is 4.73 Å². The standard InChI is InChI=1S/C8H9NO3/c10-8(11)5-4-7-3-1-2-6-9(7)12/h1-3,6H,4-5H2,(H-,10,11,12)/p+1. The Hall–Kier alpha value is -1.58. The second kappa shape index (κ2) is 3.71. The number of hydrogen-bond donors (Lipinski definition) is 2. The van der Waals surface area contributed by atoms with Gasteiger partial charge in [0.2, 0.25) is 11.9 Å². The summed E-state index contributed by atoms with van der Waals surface area (Å²) >= 11 is 0. The average molecular weight is 168 g/mol. The Morgan fingerprint density at radius 2 is 2.25 bits per heavy atom. The predicted molar refractivity (Wildman–Crippen MR) is 39.8 cm³/mol. The van der Waals surface area contributed by atoms with Crippen LogP contribution in [0.4, 0.5) is 0 Å². The molecule has 1 heterocycles. The van der Waals surface area contributed by atoms with Gasteiger partial charge in [-0.3, -0.25) is 10.0 Å². The van der Waals surface area contributed by atoms with Crippen LogP contribution in [0.25, 0.3) is 0 Å². The fourth-order valence-electron chi connectivity index (χ4n) is 0.903. The molecule has 1 rings (SSSR count). The van der Waals surface area contributed by atoms with E-state index < -0.39 is 5.97 Å². The second-order valence-corrected chi connectivity index (χ2v) is 2.43. The summed E-state index contributed by atoms with van der Waals surface area (Å²) in [6, 6.07) is 5.11. The quantitative estimate of drug-likeness (QED) is 0.501. The molecule has 0 bridgehead atoms. The van der Waals surface area contributed by atoms with Crippen molar-refractivity contribution in [3.8, 4) is 0 Å². The van der Waals surface area contributed by atoms with Crippen LogP contribution in [-0.2, 0) is 11.2 Å². The maximum atomic E-state index is 10.2. The summed E-state index contributed by atoms with van der Waals surface area (Å²) in [5.74, 6) is -0.862. The van der Waals surface area contributed by atoms with E-state index in [0.717, 1.165) is 4.73 Å². The SMILES string of the molecule is O=C(O)CCc1cccc[n+]1O. The number of aliphatic carboxylic acids is 1. The van der Waals surface area contributed by atoms with Gasteiger partial charge in [-0.1, -0.05) is 0 Å². The third kappa shape index (κ3) is 2.23. The average Bonchev–Trinajstić information content (AvgIpc) is 2.03. The Bertz CT molecular complexity index is 285. The van der Waals surface area contributed by atoms with Crippen LogP contribution in [0.5, 0.6) is 0 Å². The van der Waals surface area contributed by atoms with E-state index >= 15 is 0 Å². The lowest BCUT2D eigenvalue weighted by Gasteiger charge is -1.92. The summed E-state index contributed by atoms with van der Waals surface area (Å²) in [6.07, 6.45) is 1.84. The number of rotatable bonds is 3. The van der Waals surface area contributed by atoms with Gasteiger partial charge in [-0.25, -0.2) is 0 Å². The number of aromatic nitrogens is 1. The van der Waals surface area contributed by atoms with Crippen molar-refractivity contribution in [2.45, 2.75) is 12.8 Å². The fraction of sp³-hybridized carbons (Fsp3) is 0.250. The molecule has 0 saturated heterocycles. The lowest BCUT2D eigenvalue weighted by Crippen LogP contribution is -2.34. The fourth-order valence-corrected chi connectivity index (χ4v) is 0.903. The van der Waals surface area contributed by atoms with Crippen LogP contribution >= 0.6 is 0 Å². The summed E-state index contributed by atoms with van der Waals surface area (Å²) in [6.45, 7) is 0. The zero-order valence-corrected chi connectivity index (χ0v) is 6.47. The van der Waals surface area contributed by atoms with Gasteiger partial charge in [-0.2, -0.15) is 0 Å². The van der Waals surface area contributed by atoms with Gasteiger partial charge in [-0.15, -0.1) is 0 Å². The van der Waals surface area contributed by atoms with Gasteiger partial charge in [-0.05, 0) is 6.07 Å². The molecule has 0 aliphatic carbocycles. The van der Waals surface area contributed by atoms with Crippen LogP contribution in [0, 0.1) is 0 Å². The van der Waals surface area contributed by atoms with E-state index in [-0.39, 0.29) is 6.42 Å². The highest BCUT2D eigenvalue weighted by Crippen LogP contribution is 1.95. The van der Waals surface area contributed by atoms with Crippen LogP contribution in [0.1, 0.15) is 12.1 Å². The number of pyridine rings is 1. The highest BCUT2D eigenvalue weighted by molar-refractivity contribution is 5.66. The first kappa shape index (κ1) is 8.52. The molecule has 0 aliphatic rings. The first-order valence-corrected chi connectivity index (χ1v) is 3.61. The van der Waals surface area contributed by atoms with Gasteiger partial charge in [0.05, 0.1) is 6.42 Å². The molecule has 0 atom stereocenters. The van der Waals surface area contributed by atoms with Crippen LogP contribution in [0.15, 0.2) is 24.4 Å². The lowest BCUT2D eigenvalue weighted by atomic mass is 10.2. The zero-order valence-electron chi connectivity index (χ0n) is 6.47. The van der Waals surface area contributed by atoms with Gasteiger partial charge in [0.15, 0.2) is 0 Å². The van der Waals surface area contributed by atoms with E-state index in [2.05, 4.69) is 0 Å². The minimum atomic E-state index is -0.862. The van der Waals surface area contributed by atoms with Crippen molar-refractivity contribution in [1.29, 1.82) is 0 Å². The van der Waals surface area contributed by atoms with Gasteiger partial charge in [0.25, 0.3) is 0 Å². The highest BCUT2D eigenvalue weighted by Gasteiger charge is 2.09. The van der Waals surface area contributed by atoms with Crippen molar-refractivity contribution >= 4 is 5.97 Å². The topological polar surface area (TPSA) is 61.4 Å². The largest absolute Gasteiger partial charge is 0.481 e. The van der Waals surface area contributed by atoms with Crippen molar-refractivity contribution in [3.05, 3.63) is 30.1 Å². The van der Waals surface area contributed by atoms with E-state index in [9.17, 15) is 4.79 Å². The zero-order chi connectivity index (χ0) is 8.97. The van der Waals surface area contributed by atoms with Crippen molar-refractivity contribution in [1.82, 2.24) is 0 Å². The first-order chi connectivity index (χ1) is 5.70. The summed E-state index contributed by atoms with van der Waals surface area (Å²) in [4.78, 5) is 10.2. The number of carboxylic acid groups (broad SMARTS) is 1. The van der Waals surface area contributed by atoms with Crippen molar-refractivity contribution in [3.63, 3.8) is 0 Å². The number of aryl methyl sites for hydroxylation is 1. The predicted octanol–water partition coefficient (Wildman–Crippen LogP) is 0.229. The number of carbonyl (C=O) groups is 1. The molecule has 0 unspecified atom stereocenters. The summed E-state index contributed by atoms with van der Waals surface area (Å²) in [5, 5.41) is 17.5. The smallest absolute Gasteiger partial charge is 0.303 e. The molecule has 1 aromatic rings. The molecule has 2 N–H and O–H groups in total. The van der Waals surface area contributed by atoms with Gasteiger partial charge < -0.3 is 5.11 Å². The van der Waals surface area contributed by atoms with Crippen LogP contribution in [0.2, 0.25) is 0 Å². The molecule has 4 nitrogen and oxygen atoms in total. The van der Waals surface area contributed by atoms with Gasteiger partial charge in [0.1, 0.15) is 0 Å². The van der Waals surface area contributed by atoms with Crippen LogP contribution in [-0.4, -0.2) is 16.3 Å². The molecule has 0 amide bonds. The van der Waals surface area contributed by atoms with Gasteiger partial charge >= 0.3 is 5.97 Å². The molecule has 0 aromatic carbocycles. The van der Waals surface area contributed by atoms with E-state index in [4.69, 9.17) is 10.3 Å². The van der Waals surface area contributed by atoms with E-state index in [1.165, 1.54) is 6.20 Å². The Balaban J connectivity index is 2.63. The molecule has 0 radical (unpaired) electrons. The molecular formula is C8H10NO3+. The number of nitrogens with zero attached hydrogens (tertiary/aromatic N) is 1. The molecule has 0 spiro atoms. The maximum absolute atomic E-state index is 10.2. The third-order valence-electron chi connectivity index (χ3n) is 1.52. The van der Waals surface area contributed by atoms with E-state index in [1.54, 1.807) is 18.2 Å². The maximum Gasteiger partial charge on any atom is 0.303 e. The normalized spacial score (nSPS) is 9.67. The van der Waals surface area contributed by atoms with E-state index in [0.29, 0.717) is 12.1 Å². The Morgan fingerprint density at radius 3 is 2.83 bits per heavy atom. The number of carboxylic acids is 1. The molecule has 12 heavy (non-hydrogen) atoms. The molecule has 4 heteroatoms. The Kier molecular flexibility index (Phi) is 2.63. The van der Waals surface area contributed by atoms with E-state index in [1.807, 2.05) is 0 Å². The van der Waals surface area contributed by atoms with Crippen molar-refractivity contribution in [2.75, 3.05) is 0 Å². The molecule has 0 aliphatic heterocycles. The molecule has 0 saturated carbocycles. The lowest BCUT2D eigenvalue weighted by molar-refractivity contribution is -0.909. The molecular weight excluding hydrogens is 158 g/mol. The third-order valence-corrected chi connectivity index (χ3v) is 1.52. The molecule has 1 aromatic heterocycles. The Labute approximate surface area is 69.7 Å². The van der Waals surface area contributed by atoms with Gasteiger partial charge in [0, 0.05) is 23.3 Å². The highest BCUT2D eigenvalue weighted by atomic mass is 16.5. The second-order valence-electron chi connectivity index (χ2n) is 2.43. The molecule has 64 valence electrons. The summed E-state index contributed by atoms with van der Waals surface area (Å²) < 4.78 is 0.933. The van der Waals surface area contributed by atoms with Crippen molar-refractivity contribution in [2.24, 2.45) is 0 Å². The molecule has 0 fully saturated rings. The van der Waals surface area contributed by atoms with Crippen molar-refractivity contribution < 1.29 is 19.8 Å². The summed E-state index contributed by atoms with van der Waals surface area (Å²) in [5.41, 5.74) is 0.597. The van der Waals surface area contributed by atoms with Crippen LogP contribution in [0.3, 0.4) is 0 Å². The minimum Gasteiger partial charge on any atom is -0.481 e. The Morgan fingerprint density at radius 1 is 1.50 bits per heavy atom. The summed E-state index contributed by atoms with van der Waals surface area (Å²) in [7, 11) is 0. The monoisotopic (exact) mass is 168 g/mol. The minimum absolute atomic E-state index is 0.0323.